The summed E-state index contributed by atoms with van der Waals surface area (Å²) >= 11 is 0. The van der Waals surface area contributed by atoms with Crippen molar-refractivity contribution in [1.29, 1.82) is 0 Å². The van der Waals surface area contributed by atoms with Gasteiger partial charge in [-0.3, -0.25) is 9.69 Å². The van der Waals surface area contributed by atoms with Crippen molar-refractivity contribution in [3.63, 3.8) is 0 Å². The molecule has 1 fully saturated rings. The van der Waals surface area contributed by atoms with Crippen LogP contribution in [0.5, 0.6) is 0 Å². The molecule has 1 aliphatic heterocycles. The second-order valence-corrected chi connectivity index (χ2v) is 10.3. The minimum Gasteiger partial charge on any atom is -0.326 e. The first-order chi connectivity index (χ1) is 16.3. The lowest BCUT2D eigenvalue weighted by molar-refractivity contribution is -0.116. The molecule has 0 aliphatic carbocycles. The third-order valence-electron chi connectivity index (χ3n) is 7.10. The predicted octanol–water partition coefficient (Wildman–Crippen LogP) is 8.87. The number of amides is 1. The Morgan fingerprint density at radius 2 is 1.18 bits per heavy atom. The van der Waals surface area contributed by atoms with E-state index >= 15 is 0 Å². The minimum absolute atomic E-state index is 0.161. The molecule has 2 rings (SSSR count). The molecule has 1 heterocycles. The van der Waals surface area contributed by atoms with Crippen LogP contribution in [-0.2, 0) is 11.3 Å². The number of unbranched alkanes of at least 4 members (excludes halogenated alkanes) is 14. The van der Waals surface area contributed by atoms with Gasteiger partial charge in [-0.2, -0.15) is 0 Å². The molecule has 0 aromatic heterocycles. The fraction of sp³-hybridized carbons (Fsp3) is 0.767. The van der Waals surface area contributed by atoms with Crippen LogP contribution < -0.4 is 5.32 Å². The van der Waals surface area contributed by atoms with Gasteiger partial charge in [-0.1, -0.05) is 115 Å². The molecule has 0 radical (unpaired) electrons. The van der Waals surface area contributed by atoms with E-state index in [1.54, 1.807) is 0 Å². The lowest BCUT2D eigenvalue weighted by Crippen LogP contribution is -2.29. The van der Waals surface area contributed by atoms with Gasteiger partial charge in [-0.25, -0.2) is 0 Å². The van der Waals surface area contributed by atoms with Crippen molar-refractivity contribution in [2.24, 2.45) is 0 Å². The number of anilines is 1. The molecule has 1 aliphatic rings. The van der Waals surface area contributed by atoms with E-state index in [2.05, 4.69) is 41.4 Å². The van der Waals surface area contributed by atoms with E-state index in [-0.39, 0.29) is 5.91 Å². The van der Waals surface area contributed by atoms with Crippen molar-refractivity contribution < 1.29 is 4.79 Å². The summed E-state index contributed by atoms with van der Waals surface area (Å²) in [5.41, 5.74) is 2.28. The molecule has 0 spiro atoms. The molecule has 3 heteroatoms. The summed E-state index contributed by atoms with van der Waals surface area (Å²) in [6.45, 7) is 5.76. The number of piperidine rings is 1. The largest absolute Gasteiger partial charge is 0.326 e. The Labute approximate surface area is 205 Å². The van der Waals surface area contributed by atoms with E-state index in [0.29, 0.717) is 6.42 Å². The summed E-state index contributed by atoms with van der Waals surface area (Å²) in [5, 5.41) is 3.07. The fourth-order valence-electron chi connectivity index (χ4n) is 4.95. The number of likely N-dealkylation sites (tertiary alicyclic amines) is 1. The van der Waals surface area contributed by atoms with E-state index in [9.17, 15) is 4.79 Å². The van der Waals surface area contributed by atoms with Crippen molar-refractivity contribution in [1.82, 2.24) is 4.90 Å². The van der Waals surface area contributed by atoms with E-state index in [4.69, 9.17) is 0 Å². The molecule has 0 atom stereocenters. The van der Waals surface area contributed by atoms with Crippen LogP contribution in [0.2, 0.25) is 0 Å². The summed E-state index contributed by atoms with van der Waals surface area (Å²) in [5.74, 6) is 0.161. The zero-order chi connectivity index (χ0) is 23.4. The number of nitrogens with zero attached hydrogens (tertiary/aromatic N) is 1. The Bertz CT molecular complexity index is 592. The normalized spacial score (nSPS) is 14.5. The first-order valence-electron chi connectivity index (χ1n) is 14.4. The SMILES string of the molecule is CCCCCCCCCCCCCCCCCC(=O)Nc1ccc(CN2CCCCC2)cc1. The van der Waals surface area contributed by atoms with Gasteiger partial charge in [0.2, 0.25) is 5.91 Å². The highest BCUT2D eigenvalue weighted by Gasteiger charge is 2.10. The number of benzene rings is 1. The van der Waals surface area contributed by atoms with Gasteiger partial charge in [0.05, 0.1) is 0 Å². The summed E-state index contributed by atoms with van der Waals surface area (Å²) in [7, 11) is 0. The van der Waals surface area contributed by atoms with Crippen molar-refractivity contribution >= 4 is 11.6 Å². The van der Waals surface area contributed by atoms with Gasteiger partial charge in [0.1, 0.15) is 0 Å². The molecule has 3 nitrogen and oxygen atoms in total. The van der Waals surface area contributed by atoms with E-state index in [1.165, 1.54) is 128 Å². The number of carbonyl (C=O) groups is 1. The lowest BCUT2D eigenvalue weighted by atomic mass is 10.0. The molecule has 1 saturated heterocycles. The monoisotopic (exact) mass is 456 g/mol. The van der Waals surface area contributed by atoms with Gasteiger partial charge in [0.15, 0.2) is 0 Å². The molecule has 1 amide bonds. The molecular formula is C30H52N2O. The average Bonchev–Trinajstić information content (AvgIpc) is 2.83. The molecule has 0 saturated carbocycles. The summed E-state index contributed by atoms with van der Waals surface area (Å²) in [6.07, 6.45) is 25.0. The quantitative estimate of drug-likeness (QED) is 0.211. The number of nitrogens with one attached hydrogen (secondary N) is 1. The highest BCUT2D eigenvalue weighted by Crippen LogP contribution is 2.17. The van der Waals surface area contributed by atoms with Crippen LogP contribution in [0, 0.1) is 0 Å². The smallest absolute Gasteiger partial charge is 0.224 e. The van der Waals surface area contributed by atoms with Crippen molar-refractivity contribution in [2.45, 2.75) is 135 Å². The van der Waals surface area contributed by atoms with Gasteiger partial charge in [0, 0.05) is 18.7 Å². The number of carbonyl (C=O) groups excluding carboxylic acids is 1. The molecular weight excluding hydrogens is 404 g/mol. The fourth-order valence-corrected chi connectivity index (χ4v) is 4.95. The first kappa shape index (κ1) is 27.9. The summed E-state index contributed by atoms with van der Waals surface area (Å²) in [6, 6.07) is 8.45. The van der Waals surface area contributed by atoms with Crippen LogP contribution in [-0.4, -0.2) is 23.9 Å². The van der Waals surface area contributed by atoms with Crippen LogP contribution in [0.3, 0.4) is 0 Å². The topological polar surface area (TPSA) is 32.3 Å². The van der Waals surface area contributed by atoms with E-state index in [1.807, 2.05) is 0 Å². The Balaban J connectivity index is 1.38. The second kappa shape index (κ2) is 19.0. The maximum Gasteiger partial charge on any atom is 0.224 e. The van der Waals surface area contributed by atoms with Crippen LogP contribution in [0.15, 0.2) is 24.3 Å². The number of hydrogen-bond acceptors (Lipinski definition) is 2. The Morgan fingerprint density at radius 1 is 0.697 bits per heavy atom. The average molecular weight is 457 g/mol. The number of hydrogen-bond donors (Lipinski definition) is 1. The zero-order valence-electron chi connectivity index (χ0n) is 21.7. The Kier molecular flexibility index (Phi) is 16.1. The van der Waals surface area contributed by atoms with Gasteiger partial charge in [-0.05, 0) is 50.0 Å². The third-order valence-corrected chi connectivity index (χ3v) is 7.10. The van der Waals surface area contributed by atoms with Crippen molar-refractivity contribution in [3.8, 4) is 0 Å². The Morgan fingerprint density at radius 3 is 1.70 bits per heavy atom. The Hall–Kier alpha value is -1.35. The highest BCUT2D eigenvalue weighted by molar-refractivity contribution is 5.90. The molecule has 1 aromatic rings. The maximum atomic E-state index is 12.2. The summed E-state index contributed by atoms with van der Waals surface area (Å²) in [4.78, 5) is 14.8. The van der Waals surface area contributed by atoms with E-state index < -0.39 is 0 Å². The van der Waals surface area contributed by atoms with Gasteiger partial charge < -0.3 is 5.32 Å². The van der Waals surface area contributed by atoms with Crippen LogP contribution >= 0.6 is 0 Å². The van der Waals surface area contributed by atoms with Gasteiger partial charge in [-0.15, -0.1) is 0 Å². The second-order valence-electron chi connectivity index (χ2n) is 10.3. The predicted molar refractivity (Wildman–Crippen MR) is 144 cm³/mol. The minimum atomic E-state index is 0.161. The summed E-state index contributed by atoms with van der Waals surface area (Å²) < 4.78 is 0. The molecule has 1 aromatic carbocycles. The molecule has 188 valence electrons. The molecule has 1 N–H and O–H groups in total. The highest BCUT2D eigenvalue weighted by atomic mass is 16.1. The zero-order valence-corrected chi connectivity index (χ0v) is 21.7. The third kappa shape index (κ3) is 14.5. The van der Waals surface area contributed by atoms with Crippen molar-refractivity contribution in [2.75, 3.05) is 18.4 Å². The van der Waals surface area contributed by atoms with Crippen LogP contribution in [0.4, 0.5) is 5.69 Å². The van der Waals surface area contributed by atoms with Crippen LogP contribution in [0.25, 0.3) is 0 Å². The molecule has 0 unspecified atom stereocenters. The van der Waals surface area contributed by atoms with Crippen LogP contribution in [0.1, 0.15) is 134 Å². The standard InChI is InChI=1S/C30H52N2O/c1-2-3-4-5-6-7-8-9-10-11-12-13-14-15-17-20-30(33)31-29-23-21-28(22-24-29)27-32-25-18-16-19-26-32/h21-24H,2-20,25-27H2,1H3,(H,31,33). The van der Waals surface area contributed by atoms with Gasteiger partial charge >= 0.3 is 0 Å². The lowest BCUT2D eigenvalue weighted by Gasteiger charge is -2.26. The first-order valence-corrected chi connectivity index (χ1v) is 14.4. The molecule has 33 heavy (non-hydrogen) atoms. The number of rotatable bonds is 19. The maximum absolute atomic E-state index is 12.2. The van der Waals surface area contributed by atoms with Crippen molar-refractivity contribution in [3.05, 3.63) is 29.8 Å². The van der Waals surface area contributed by atoms with E-state index in [0.717, 1.165) is 18.7 Å². The van der Waals surface area contributed by atoms with Gasteiger partial charge in [0.25, 0.3) is 0 Å². The molecule has 0 bridgehead atoms.